The zero-order valence-electron chi connectivity index (χ0n) is 10.8. The molecule has 0 amide bonds. The fraction of sp³-hybridized carbons (Fsp3) is 0.0769. The van der Waals surface area contributed by atoms with Crippen molar-refractivity contribution in [2.75, 3.05) is 7.11 Å². The van der Waals surface area contributed by atoms with Gasteiger partial charge in [-0.05, 0) is 12.1 Å². The highest BCUT2D eigenvalue weighted by Gasteiger charge is 2.10. The van der Waals surface area contributed by atoms with Crippen molar-refractivity contribution >= 4 is 17.4 Å². The van der Waals surface area contributed by atoms with E-state index in [9.17, 15) is 0 Å². The molecule has 2 heterocycles. The molecular weight excluding hydrogens is 294 g/mol. The lowest BCUT2D eigenvalue weighted by Gasteiger charge is -2.09. The molecule has 7 nitrogen and oxygen atoms in total. The van der Waals surface area contributed by atoms with Crippen LogP contribution in [0.4, 0.5) is 0 Å². The van der Waals surface area contributed by atoms with Gasteiger partial charge in [0.1, 0.15) is 23.0 Å². The molecule has 2 aromatic heterocycles. The first-order valence-corrected chi connectivity index (χ1v) is 6.21. The monoisotopic (exact) mass is 301 g/mol. The lowest BCUT2D eigenvalue weighted by atomic mass is 10.2. The highest BCUT2D eigenvalue weighted by Crippen LogP contribution is 2.28. The maximum absolute atomic E-state index is 9.01. The quantitative estimate of drug-likeness (QED) is 0.691. The van der Waals surface area contributed by atoms with Crippen LogP contribution in [0.1, 0.15) is 5.56 Å². The van der Waals surface area contributed by atoms with Gasteiger partial charge < -0.3 is 9.47 Å². The lowest BCUT2D eigenvalue weighted by Crippen LogP contribution is -1.98. The van der Waals surface area contributed by atoms with Crippen LogP contribution in [0.2, 0.25) is 5.15 Å². The fourth-order valence-corrected chi connectivity index (χ4v) is 1.93. The van der Waals surface area contributed by atoms with Gasteiger partial charge in [0, 0.05) is 12.1 Å². The van der Waals surface area contributed by atoms with Crippen molar-refractivity contribution in [1.29, 1.82) is 5.26 Å². The summed E-state index contributed by atoms with van der Waals surface area (Å²) in [6.45, 7) is 0. The van der Waals surface area contributed by atoms with Crippen molar-refractivity contribution in [1.82, 2.24) is 19.6 Å². The van der Waals surface area contributed by atoms with Gasteiger partial charge >= 0.3 is 0 Å². The Morgan fingerprint density at radius 3 is 2.81 bits per heavy atom. The number of hydrogen-bond acceptors (Lipinski definition) is 6. The second kappa shape index (κ2) is 5.26. The van der Waals surface area contributed by atoms with Gasteiger partial charge in [-0.1, -0.05) is 11.6 Å². The van der Waals surface area contributed by atoms with Crippen molar-refractivity contribution in [3.05, 3.63) is 41.3 Å². The van der Waals surface area contributed by atoms with Gasteiger partial charge in [0.25, 0.3) is 5.78 Å². The van der Waals surface area contributed by atoms with Crippen LogP contribution in [0.3, 0.4) is 0 Å². The van der Waals surface area contributed by atoms with Gasteiger partial charge in [-0.3, -0.25) is 0 Å². The summed E-state index contributed by atoms with van der Waals surface area (Å²) in [5, 5.41) is 13.2. The van der Waals surface area contributed by atoms with Crippen LogP contribution in [0.15, 0.2) is 30.6 Å². The molecule has 0 bridgehead atoms. The predicted octanol–water partition coefficient (Wildman–Crippen LogP) is 2.45. The molecule has 3 rings (SSSR count). The van der Waals surface area contributed by atoms with Crippen LogP contribution in [0, 0.1) is 11.3 Å². The second-order valence-electron chi connectivity index (χ2n) is 4.00. The Balaban J connectivity index is 2.06. The Hall–Kier alpha value is -2.85. The smallest absolute Gasteiger partial charge is 0.256 e. The zero-order chi connectivity index (χ0) is 14.8. The topological polar surface area (TPSA) is 85.3 Å². The third-order valence-electron chi connectivity index (χ3n) is 2.66. The van der Waals surface area contributed by atoms with E-state index in [2.05, 4.69) is 15.1 Å². The van der Waals surface area contributed by atoms with E-state index in [1.165, 1.54) is 24.0 Å². The average Bonchev–Trinajstić information content (AvgIpc) is 2.95. The van der Waals surface area contributed by atoms with Crippen molar-refractivity contribution in [3.63, 3.8) is 0 Å². The maximum Gasteiger partial charge on any atom is 0.256 e. The molecule has 3 aromatic rings. The van der Waals surface area contributed by atoms with Crippen LogP contribution < -0.4 is 9.47 Å². The van der Waals surface area contributed by atoms with Crippen LogP contribution in [0.25, 0.3) is 5.78 Å². The third kappa shape index (κ3) is 2.57. The molecule has 0 aliphatic rings. The Labute approximate surface area is 124 Å². The fourth-order valence-electron chi connectivity index (χ4n) is 1.76. The standard InChI is InChI=1S/C13H8ClN5O2/c1-20-9-2-8(6-15)3-10(4-9)21-12-5-11(14)18-13-16-7-17-19(12)13/h2-5,7H,1H3. The van der Waals surface area contributed by atoms with Crippen molar-refractivity contribution in [2.45, 2.75) is 0 Å². The summed E-state index contributed by atoms with van der Waals surface area (Å²) >= 11 is 5.91. The number of benzene rings is 1. The van der Waals surface area contributed by atoms with Crippen LogP contribution >= 0.6 is 11.6 Å². The van der Waals surface area contributed by atoms with E-state index < -0.39 is 0 Å². The molecule has 0 atom stereocenters. The van der Waals surface area contributed by atoms with Gasteiger partial charge in [-0.15, -0.1) is 0 Å². The number of nitriles is 1. The Bertz CT molecular complexity index is 855. The van der Waals surface area contributed by atoms with Crippen molar-refractivity contribution in [3.8, 4) is 23.4 Å². The molecule has 1 aromatic carbocycles. The molecule has 104 valence electrons. The van der Waals surface area contributed by atoms with Gasteiger partial charge in [-0.25, -0.2) is 0 Å². The first-order chi connectivity index (χ1) is 10.2. The minimum Gasteiger partial charge on any atom is -0.497 e. The molecule has 21 heavy (non-hydrogen) atoms. The molecule has 0 saturated carbocycles. The maximum atomic E-state index is 9.01. The molecule has 0 fully saturated rings. The van der Waals surface area contributed by atoms with Crippen LogP contribution in [0.5, 0.6) is 17.4 Å². The third-order valence-corrected chi connectivity index (χ3v) is 2.85. The summed E-state index contributed by atoms with van der Waals surface area (Å²) in [5.41, 5.74) is 0.416. The first kappa shape index (κ1) is 13.1. The highest BCUT2D eigenvalue weighted by molar-refractivity contribution is 6.29. The molecule has 0 saturated heterocycles. The van der Waals surface area contributed by atoms with E-state index in [0.717, 1.165) is 0 Å². The number of hydrogen-bond donors (Lipinski definition) is 0. The summed E-state index contributed by atoms with van der Waals surface area (Å²) in [5.74, 6) is 1.59. The molecule has 0 radical (unpaired) electrons. The molecule has 0 unspecified atom stereocenters. The first-order valence-electron chi connectivity index (χ1n) is 5.83. The minimum atomic E-state index is 0.230. The summed E-state index contributed by atoms with van der Waals surface area (Å²) < 4.78 is 12.2. The number of halogens is 1. The van der Waals surface area contributed by atoms with E-state index in [4.69, 9.17) is 26.3 Å². The Morgan fingerprint density at radius 1 is 1.24 bits per heavy atom. The van der Waals surface area contributed by atoms with E-state index in [-0.39, 0.29) is 5.15 Å². The van der Waals surface area contributed by atoms with Gasteiger partial charge in [0.15, 0.2) is 0 Å². The Kier molecular flexibility index (Phi) is 3.30. The predicted molar refractivity (Wildman–Crippen MR) is 73.6 cm³/mol. The molecule has 0 aliphatic heterocycles. The molecule has 0 aliphatic carbocycles. The van der Waals surface area contributed by atoms with E-state index >= 15 is 0 Å². The number of methoxy groups -OCH3 is 1. The van der Waals surface area contributed by atoms with E-state index in [1.807, 2.05) is 6.07 Å². The van der Waals surface area contributed by atoms with E-state index in [1.54, 1.807) is 18.2 Å². The largest absolute Gasteiger partial charge is 0.497 e. The molecule has 0 N–H and O–H groups in total. The number of rotatable bonds is 3. The van der Waals surface area contributed by atoms with E-state index in [0.29, 0.717) is 28.7 Å². The van der Waals surface area contributed by atoms with Gasteiger partial charge in [-0.2, -0.15) is 24.8 Å². The summed E-state index contributed by atoms with van der Waals surface area (Å²) in [6, 6.07) is 8.39. The van der Waals surface area contributed by atoms with Crippen LogP contribution in [-0.2, 0) is 0 Å². The van der Waals surface area contributed by atoms with Crippen molar-refractivity contribution < 1.29 is 9.47 Å². The van der Waals surface area contributed by atoms with Gasteiger partial charge in [0.2, 0.25) is 5.88 Å². The normalized spacial score (nSPS) is 10.3. The number of ether oxygens (including phenoxy) is 2. The molecule has 0 spiro atoms. The van der Waals surface area contributed by atoms with Crippen molar-refractivity contribution in [2.24, 2.45) is 0 Å². The average molecular weight is 302 g/mol. The number of fused-ring (bicyclic) bond motifs is 1. The number of aromatic nitrogens is 4. The summed E-state index contributed by atoms with van der Waals surface area (Å²) in [6.07, 6.45) is 1.35. The molecular formula is C13H8ClN5O2. The Morgan fingerprint density at radius 2 is 2.05 bits per heavy atom. The number of nitrogens with zero attached hydrogens (tertiary/aromatic N) is 5. The highest BCUT2D eigenvalue weighted by atomic mass is 35.5. The van der Waals surface area contributed by atoms with Gasteiger partial charge in [0.05, 0.1) is 18.7 Å². The molecule has 8 heteroatoms. The zero-order valence-corrected chi connectivity index (χ0v) is 11.6. The summed E-state index contributed by atoms with van der Waals surface area (Å²) in [7, 11) is 1.51. The minimum absolute atomic E-state index is 0.230. The SMILES string of the molecule is COc1cc(C#N)cc(Oc2cc(Cl)nc3ncnn23)c1. The summed E-state index contributed by atoms with van der Waals surface area (Å²) in [4.78, 5) is 7.95. The second-order valence-corrected chi connectivity index (χ2v) is 4.39. The van der Waals surface area contributed by atoms with Crippen LogP contribution in [-0.4, -0.2) is 26.7 Å². The lowest BCUT2D eigenvalue weighted by molar-refractivity contribution is 0.405.